The maximum Gasteiger partial charge on any atom is 0.260 e. The summed E-state index contributed by atoms with van der Waals surface area (Å²) in [6.07, 6.45) is -0.574. The smallest absolute Gasteiger partial charge is 0.260 e. The highest BCUT2D eigenvalue weighted by molar-refractivity contribution is 5.84. The van der Waals surface area contributed by atoms with E-state index in [1.807, 2.05) is 73.7 Å². The number of carbonyl (C=O) groups is 1. The molecule has 0 spiro atoms. The first-order chi connectivity index (χ1) is 12.6. The van der Waals surface area contributed by atoms with Gasteiger partial charge in [-0.05, 0) is 54.4 Å². The number of amides is 1. The van der Waals surface area contributed by atoms with Gasteiger partial charge in [0.2, 0.25) is 0 Å². The van der Waals surface area contributed by atoms with Gasteiger partial charge in [0.1, 0.15) is 18.1 Å². The highest BCUT2D eigenvalue weighted by atomic mass is 16.5. The van der Waals surface area contributed by atoms with Crippen molar-refractivity contribution in [3.05, 3.63) is 72.3 Å². The van der Waals surface area contributed by atoms with Crippen LogP contribution in [0.15, 0.2) is 66.7 Å². The number of aryl methyl sites for hydroxylation is 1. The lowest BCUT2D eigenvalue weighted by atomic mass is 10.1. The van der Waals surface area contributed by atoms with E-state index in [0.717, 1.165) is 22.1 Å². The van der Waals surface area contributed by atoms with E-state index in [9.17, 15) is 4.79 Å². The SMILES string of the molecule is Cc1cccc(OCCNC(=O)[C@@H](C)Oc2ccc3ccccc3c2)c1. The van der Waals surface area contributed by atoms with Crippen LogP contribution < -0.4 is 14.8 Å². The topological polar surface area (TPSA) is 47.6 Å². The molecule has 0 bridgehead atoms. The Morgan fingerprint density at radius 1 is 0.962 bits per heavy atom. The number of ether oxygens (including phenoxy) is 2. The fourth-order valence-corrected chi connectivity index (χ4v) is 2.69. The molecule has 0 radical (unpaired) electrons. The molecule has 4 heteroatoms. The van der Waals surface area contributed by atoms with Crippen LogP contribution >= 0.6 is 0 Å². The lowest BCUT2D eigenvalue weighted by molar-refractivity contribution is -0.127. The van der Waals surface area contributed by atoms with Crippen molar-refractivity contribution in [1.82, 2.24) is 5.32 Å². The minimum Gasteiger partial charge on any atom is -0.492 e. The van der Waals surface area contributed by atoms with Crippen LogP contribution in [0.25, 0.3) is 10.8 Å². The number of benzene rings is 3. The summed E-state index contributed by atoms with van der Waals surface area (Å²) >= 11 is 0. The van der Waals surface area contributed by atoms with E-state index in [1.165, 1.54) is 0 Å². The van der Waals surface area contributed by atoms with Crippen molar-refractivity contribution >= 4 is 16.7 Å². The first-order valence-corrected chi connectivity index (χ1v) is 8.74. The van der Waals surface area contributed by atoms with Gasteiger partial charge in [0, 0.05) is 0 Å². The first kappa shape index (κ1) is 17.8. The van der Waals surface area contributed by atoms with Gasteiger partial charge in [-0.1, -0.05) is 42.5 Å². The molecular weight excluding hydrogens is 326 g/mol. The Morgan fingerprint density at radius 2 is 1.77 bits per heavy atom. The minimum absolute atomic E-state index is 0.161. The second-order valence-corrected chi connectivity index (χ2v) is 6.23. The van der Waals surface area contributed by atoms with E-state index >= 15 is 0 Å². The molecule has 1 N–H and O–H groups in total. The molecule has 0 unspecified atom stereocenters. The summed E-state index contributed by atoms with van der Waals surface area (Å²) in [4.78, 5) is 12.2. The van der Waals surface area contributed by atoms with Gasteiger partial charge >= 0.3 is 0 Å². The second kappa shape index (κ2) is 8.39. The molecule has 0 saturated heterocycles. The van der Waals surface area contributed by atoms with E-state index in [-0.39, 0.29) is 5.91 Å². The summed E-state index contributed by atoms with van der Waals surface area (Å²) in [6.45, 7) is 4.60. The molecular formula is C22H23NO3. The monoisotopic (exact) mass is 349 g/mol. The Kier molecular flexibility index (Phi) is 5.74. The van der Waals surface area contributed by atoms with Gasteiger partial charge in [-0.25, -0.2) is 0 Å². The Morgan fingerprint density at radius 3 is 2.58 bits per heavy atom. The van der Waals surface area contributed by atoms with Crippen LogP contribution in [0.5, 0.6) is 11.5 Å². The maximum atomic E-state index is 12.2. The highest BCUT2D eigenvalue weighted by Crippen LogP contribution is 2.21. The van der Waals surface area contributed by atoms with Crippen molar-refractivity contribution in [2.24, 2.45) is 0 Å². The van der Waals surface area contributed by atoms with Gasteiger partial charge in [0.15, 0.2) is 6.10 Å². The fourth-order valence-electron chi connectivity index (χ4n) is 2.69. The normalized spacial score (nSPS) is 11.8. The standard InChI is InChI=1S/C22H23NO3/c1-16-6-5-9-20(14-16)25-13-12-23-22(24)17(2)26-21-11-10-18-7-3-4-8-19(18)15-21/h3-11,14-15,17H,12-13H2,1-2H3,(H,23,24)/t17-/m1/s1. The average Bonchev–Trinajstić information content (AvgIpc) is 2.65. The summed E-state index contributed by atoms with van der Waals surface area (Å²) in [5.74, 6) is 1.33. The van der Waals surface area contributed by atoms with Crippen molar-refractivity contribution < 1.29 is 14.3 Å². The van der Waals surface area contributed by atoms with E-state index in [4.69, 9.17) is 9.47 Å². The van der Waals surface area contributed by atoms with Gasteiger partial charge < -0.3 is 14.8 Å². The summed E-state index contributed by atoms with van der Waals surface area (Å²) in [7, 11) is 0. The average molecular weight is 349 g/mol. The van der Waals surface area contributed by atoms with Gasteiger partial charge in [0.05, 0.1) is 6.54 Å². The van der Waals surface area contributed by atoms with Crippen LogP contribution in [0, 0.1) is 6.92 Å². The zero-order chi connectivity index (χ0) is 18.4. The number of fused-ring (bicyclic) bond motifs is 1. The van der Waals surface area contributed by atoms with Crippen LogP contribution in [-0.4, -0.2) is 25.2 Å². The molecule has 3 aromatic rings. The third-order valence-electron chi connectivity index (χ3n) is 4.06. The molecule has 1 amide bonds. The third kappa shape index (κ3) is 4.76. The van der Waals surface area contributed by atoms with Crippen molar-refractivity contribution in [1.29, 1.82) is 0 Å². The Balaban J connectivity index is 1.46. The van der Waals surface area contributed by atoms with Crippen molar-refractivity contribution in [2.45, 2.75) is 20.0 Å². The van der Waals surface area contributed by atoms with Crippen LogP contribution in [0.4, 0.5) is 0 Å². The van der Waals surface area contributed by atoms with E-state index < -0.39 is 6.10 Å². The fraction of sp³-hybridized carbons (Fsp3) is 0.227. The lowest BCUT2D eigenvalue weighted by Crippen LogP contribution is -2.38. The molecule has 1 atom stereocenters. The molecule has 0 heterocycles. The zero-order valence-corrected chi connectivity index (χ0v) is 15.1. The molecule has 0 aliphatic rings. The van der Waals surface area contributed by atoms with E-state index in [2.05, 4.69) is 5.32 Å². The van der Waals surface area contributed by atoms with E-state index in [0.29, 0.717) is 18.9 Å². The lowest BCUT2D eigenvalue weighted by Gasteiger charge is -2.15. The molecule has 3 rings (SSSR count). The quantitative estimate of drug-likeness (QED) is 0.653. The maximum absolute atomic E-state index is 12.2. The Hall–Kier alpha value is -3.01. The first-order valence-electron chi connectivity index (χ1n) is 8.74. The summed E-state index contributed by atoms with van der Waals surface area (Å²) in [5.41, 5.74) is 1.14. The van der Waals surface area contributed by atoms with Gasteiger partial charge in [-0.15, -0.1) is 0 Å². The Bertz CT molecular complexity index is 891. The predicted octanol–water partition coefficient (Wildman–Crippen LogP) is 4.11. The van der Waals surface area contributed by atoms with Crippen LogP contribution in [0.1, 0.15) is 12.5 Å². The van der Waals surface area contributed by atoms with Crippen LogP contribution in [0.2, 0.25) is 0 Å². The van der Waals surface area contributed by atoms with Gasteiger partial charge in [-0.2, -0.15) is 0 Å². The van der Waals surface area contributed by atoms with Crippen molar-refractivity contribution in [3.8, 4) is 11.5 Å². The molecule has 0 aromatic heterocycles. The number of hydrogen-bond donors (Lipinski definition) is 1. The molecule has 0 aliphatic heterocycles. The number of carbonyl (C=O) groups excluding carboxylic acids is 1. The molecule has 0 fully saturated rings. The molecule has 0 aliphatic carbocycles. The summed E-state index contributed by atoms with van der Waals surface area (Å²) in [6, 6.07) is 21.7. The van der Waals surface area contributed by atoms with Crippen molar-refractivity contribution in [3.63, 3.8) is 0 Å². The number of nitrogens with one attached hydrogen (secondary N) is 1. The third-order valence-corrected chi connectivity index (χ3v) is 4.06. The number of hydrogen-bond acceptors (Lipinski definition) is 3. The summed E-state index contributed by atoms with van der Waals surface area (Å²) < 4.78 is 11.4. The Labute approximate surface area is 153 Å². The van der Waals surface area contributed by atoms with Gasteiger partial charge in [-0.3, -0.25) is 4.79 Å². The molecule has 134 valence electrons. The molecule has 4 nitrogen and oxygen atoms in total. The largest absolute Gasteiger partial charge is 0.492 e. The molecule has 26 heavy (non-hydrogen) atoms. The van der Waals surface area contributed by atoms with Crippen LogP contribution in [0.3, 0.4) is 0 Å². The van der Waals surface area contributed by atoms with E-state index in [1.54, 1.807) is 6.92 Å². The van der Waals surface area contributed by atoms with Gasteiger partial charge in [0.25, 0.3) is 5.91 Å². The number of rotatable bonds is 7. The minimum atomic E-state index is -0.574. The zero-order valence-electron chi connectivity index (χ0n) is 15.1. The van der Waals surface area contributed by atoms with Crippen LogP contribution in [-0.2, 0) is 4.79 Å². The molecule has 0 saturated carbocycles. The molecule has 3 aromatic carbocycles. The second-order valence-electron chi connectivity index (χ2n) is 6.23. The highest BCUT2D eigenvalue weighted by Gasteiger charge is 2.14. The summed E-state index contributed by atoms with van der Waals surface area (Å²) in [5, 5.41) is 5.07. The predicted molar refractivity (Wildman–Crippen MR) is 104 cm³/mol. The van der Waals surface area contributed by atoms with Crippen molar-refractivity contribution in [2.75, 3.05) is 13.2 Å².